The fraction of sp³-hybridized carbons (Fsp3) is 0.647. The lowest BCUT2D eigenvalue weighted by Crippen LogP contribution is -2.29. The van der Waals surface area contributed by atoms with Crippen LogP contribution in [0.25, 0.3) is 0 Å². The van der Waals surface area contributed by atoms with Crippen LogP contribution in [0.1, 0.15) is 45.1 Å². The maximum atomic E-state index is 5.35. The smallest absolute Gasteiger partial charge is 0.119 e. The van der Waals surface area contributed by atoms with Crippen LogP contribution in [0, 0.1) is 5.41 Å². The summed E-state index contributed by atoms with van der Waals surface area (Å²) >= 11 is 3.68. The van der Waals surface area contributed by atoms with E-state index in [1.165, 1.54) is 35.7 Å². The van der Waals surface area contributed by atoms with Gasteiger partial charge in [-0.3, -0.25) is 0 Å². The van der Waals surface area contributed by atoms with Crippen LogP contribution < -0.4 is 10.1 Å². The summed E-state index contributed by atoms with van der Waals surface area (Å²) in [6, 6.07) is 6.97. The van der Waals surface area contributed by atoms with Gasteiger partial charge in [-0.1, -0.05) is 29.8 Å². The summed E-state index contributed by atoms with van der Waals surface area (Å²) in [5.74, 6) is 0.949. The van der Waals surface area contributed by atoms with Crippen molar-refractivity contribution in [3.05, 3.63) is 28.2 Å². The summed E-state index contributed by atoms with van der Waals surface area (Å²) in [6.07, 6.45) is 6.22. The molecule has 2 nitrogen and oxygen atoms in total. The Kier molecular flexibility index (Phi) is 5.50. The largest absolute Gasteiger partial charge is 0.497 e. The van der Waals surface area contributed by atoms with E-state index in [0.717, 1.165) is 18.7 Å². The first-order valence-electron chi connectivity index (χ1n) is 7.62. The minimum Gasteiger partial charge on any atom is -0.497 e. The average Bonchev–Trinajstić information content (AvgIpc) is 2.80. The van der Waals surface area contributed by atoms with Crippen LogP contribution >= 0.6 is 15.9 Å². The lowest BCUT2D eigenvalue weighted by molar-refractivity contribution is 0.320. The molecule has 1 aromatic carbocycles. The number of rotatable bonds is 6. The van der Waals surface area contributed by atoms with Gasteiger partial charge in [0.25, 0.3) is 0 Å². The van der Waals surface area contributed by atoms with Crippen molar-refractivity contribution in [2.75, 3.05) is 13.7 Å². The first-order chi connectivity index (χ1) is 9.56. The predicted octanol–water partition coefficient (Wildman–Crippen LogP) is 4.56. The molecule has 20 heavy (non-hydrogen) atoms. The van der Waals surface area contributed by atoms with Crippen LogP contribution in [0.4, 0.5) is 0 Å². The monoisotopic (exact) mass is 339 g/mol. The Morgan fingerprint density at radius 2 is 2.25 bits per heavy atom. The second kappa shape index (κ2) is 6.95. The molecule has 0 aliphatic heterocycles. The Morgan fingerprint density at radius 1 is 1.45 bits per heavy atom. The normalized spacial score (nSPS) is 25.9. The van der Waals surface area contributed by atoms with Crippen LogP contribution in [-0.4, -0.2) is 19.7 Å². The van der Waals surface area contributed by atoms with Gasteiger partial charge in [-0.2, -0.15) is 0 Å². The highest BCUT2D eigenvalue weighted by molar-refractivity contribution is 9.10. The highest BCUT2D eigenvalue weighted by atomic mass is 79.9. The van der Waals surface area contributed by atoms with Crippen molar-refractivity contribution in [2.45, 2.75) is 52.0 Å². The molecule has 1 aromatic rings. The van der Waals surface area contributed by atoms with Crippen LogP contribution in [0.5, 0.6) is 5.75 Å². The van der Waals surface area contributed by atoms with Crippen molar-refractivity contribution in [2.24, 2.45) is 5.41 Å². The van der Waals surface area contributed by atoms with Gasteiger partial charge in [0.05, 0.1) is 7.11 Å². The Bertz CT molecular complexity index is 449. The Morgan fingerprint density at radius 3 is 2.95 bits per heavy atom. The highest BCUT2D eigenvalue weighted by Crippen LogP contribution is 2.42. The summed E-state index contributed by atoms with van der Waals surface area (Å²) in [5, 5.41) is 3.67. The van der Waals surface area contributed by atoms with E-state index in [-0.39, 0.29) is 0 Å². The van der Waals surface area contributed by atoms with Gasteiger partial charge in [0.1, 0.15) is 5.75 Å². The fourth-order valence-corrected chi connectivity index (χ4v) is 3.67. The second-order valence-electron chi connectivity index (χ2n) is 6.34. The third-order valence-electron chi connectivity index (χ3n) is 4.39. The van der Waals surface area contributed by atoms with Gasteiger partial charge in [0, 0.05) is 10.5 Å². The zero-order chi connectivity index (χ0) is 14.6. The van der Waals surface area contributed by atoms with Crippen LogP contribution in [-0.2, 0) is 6.42 Å². The molecule has 0 amide bonds. The van der Waals surface area contributed by atoms with E-state index >= 15 is 0 Å². The summed E-state index contributed by atoms with van der Waals surface area (Å²) in [5.41, 5.74) is 1.77. The summed E-state index contributed by atoms with van der Waals surface area (Å²) in [7, 11) is 1.73. The molecular formula is C17H26BrNO. The molecule has 1 fully saturated rings. The molecule has 0 radical (unpaired) electrons. The first-order valence-corrected chi connectivity index (χ1v) is 8.41. The van der Waals surface area contributed by atoms with Gasteiger partial charge in [0.2, 0.25) is 0 Å². The number of nitrogens with one attached hydrogen (secondary N) is 1. The topological polar surface area (TPSA) is 21.3 Å². The molecule has 2 unspecified atom stereocenters. The van der Waals surface area contributed by atoms with E-state index in [9.17, 15) is 0 Å². The summed E-state index contributed by atoms with van der Waals surface area (Å²) in [6.45, 7) is 5.80. The Hall–Kier alpha value is -0.540. The van der Waals surface area contributed by atoms with E-state index in [1.807, 2.05) is 6.07 Å². The number of hydrogen-bond acceptors (Lipinski definition) is 2. The maximum Gasteiger partial charge on any atom is 0.119 e. The molecular weight excluding hydrogens is 314 g/mol. The lowest BCUT2D eigenvalue weighted by atomic mass is 9.82. The van der Waals surface area contributed by atoms with E-state index in [4.69, 9.17) is 4.74 Å². The molecule has 1 saturated carbocycles. The second-order valence-corrected chi connectivity index (χ2v) is 7.19. The predicted molar refractivity (Wildman–Crippen MR) is 88.4 cm³/mol. The third kappa shape index (κ3) is 3.98. The van der Waals surface area contributed by atoms with E-state index in [0.29, 0.717) is 11.5 Å². The maximum absolute atomic E-state index is 5.35. The van der Waals surface area contributed by atoms with Crippen LogP contribution in [0.3, 0.4) is 0 Å². The minimum absolute atomic E-state index is 0.403. The highest BCUT2D eigenvalue weighted by Gasteiger charge is 2.35. The zero-order valence-electron chi connectivity index (χ0n) is 12.8. The number of ether oxygens (including phenoxy) is 1. The molecule has 1 aliphatic rings. The molecule has 112 valence electrons. The molecule has 2 atom stereocenters. The molecule has 1 N–H and O–H groups in total. The molecule has 0 aromatic heterocycles. The molecule has 0 saturated heterocycles. The van der Waals surface area contributed by atoms with Gasteiger partial charge in [0.15, 0.2) is 0 Å². The number of halogens is 1. The van der Waals surface area contributed by atoms with Crippen molar-refractivity contribution in [1.29, 1.82) is 0 Å². The summed E-state index contributed by atoms with van der Waals surface area (Å²) < 4.78 is 6.55. The lowest BCUT2D eigenvalue weighted by Gasteiger charge is -2.25. The van der Waals surface area contributed by atoms with E-state index in [1.54, 1.807) is 7.11 Å². The zero-order valence-corrected chi connectivity index (χ0v) is 14.4. The SMILES string of the molecule is CCCNC1CCC(C)(Cc2cc(OC)ccc2Br)C1. The van der Waals surface area contributed by atoms with Crippen molar-refractivity contribution >= 4 is 15.9 Å². The number of benzene rings is 1. The third-order valence-corrected chi connectivity index (χ3v) is 5.16. The van der Waals surface area contributed by atoms with Crippen molar-refractivity contribution in [3.63, 3.8) is 0 Å². The van der Waals surface area contributed by atoms with Gasteiger partial charge < -0.3 is 10.1 Å². The number of hydrogen-bond donors (Lipinski definition) is 1. The van der Waals surface area contributed by atoms with Gasteiger partial charge in [-0.05, 0) is 67.8 Å². The Labute approximate surface area is 131 Å². The molecule has 1 aliphatic carbocycles. The van der Waals surface area contributed by atoms with Gasteiger partial charge in [-0.15, -0.1) is 0 Å². The number of methoxy groups -OCH3 is 1. The standard InChI is InChI=1S/C17H26BrNO/c1-4-9-19-14-7-8-17(2,12-14)11-13-10-15(20-3)5-6-16(13)18/h5-6,10,14,19H,4,7-9,11-12H2,1-3H3. The van der Waals surface area contributed by atoms with Crippen molar-refractivity contribution in [3.8, 4) is 5.75 Å². The van der Waals surface area contributed by atoms with E-state index in [2.05, 4.69) is 47.2 Å². The molecule has 0 spiro atoms. The minimum atomic E-state index is 0.403. The molecule has 3 heteroatoms. The first kappa shape index (κ1) is 15.8. The Balaban J connectivity index is 2.02. The van der Waals surface area contributed by atoms with Gasteiger partial charge in [-0.25, -0.2) is 0 Å². The summed E-state index contributed by atoms with van der Waals surface area (Å²) in [4.78, 5) is 0. The fourth-order valence-electron chi connectivity index (χ4n) is 3.28. The van der Waals surface area contributed by atoms with Crippen LogP contribution in [0.2, 0.25) is 0 Å². The molecule has 2 rings (SSSR count). The quantitative estimate of drug-likeness (QED) is 0.820. The van der Waals surface area contributed by atoms with Gasteiger partial charge >= 0.3 is 0 Å². The van der Waals surface area contributed by atoms with E-state index < -0.39 is 0 Å². The van der Waals surface area contributed by atoms with Crippen LogP contribution in [0.15, 0.2) is 22.7 Å². The van der Waals surface area contributed by atoms with Crippen molar-refractivity contribution in [1.82, 2.24) is 5.32 Å². The molecule has 0 bridgehead atoms. The average molecular weight is 340 g/mol. The molecule has 0 heterocycles. The van der Waals surface area contributed by atoms with Crippen molar-refractivity contribution < 1.29 is 4.74 Å².